The number of carbonyl (C=O) groups excluding carboxylic acids is 1. The molecular formula is C15H22O4. The van der Waals surface area contributed by atoms with Crippen LogP contribution in [0.25, 0.3) is 0 Å². The Kier molecular flexibility index (Phi) is 5.21. The van der Waals surface area contributed by atoms with Crippen molar-refractivity contribution in [3.63, 3.8) is 0 Å². The molecule has 0 fully saturated rings. The molecule has 0 saturated carbocycles. The smallest absolute Gasteiger partial charge is 0.312 e. The monoisotopic (exact) mass is 266 g/mol. The quantitative estimate of drug-likeness (QED) is 0.832. The van der Waals surface area contributed by atoms with E-state index >= 15 is 0 Å². The summed E-state index contributed by atoms with van der Waals surface area (Å²) in [6.07, 6.45) is 0.692. The van der Waals surface area contributed by atoms with Crippen molar-refractivity contribution in [3.8, 4) is 11.5 Å². The van der Waals surface area contributed by atoms with Gasteiger partial charge in [0.2, 0.25) is 0 Å². The summed E-state index contributed by atoms with van der Waals surface area (Å²) in [4.78, 5) is 11.7. The lowest BCUT2D eigenvalue weighted by Crippen LogP contribution is -2.27. The normalized spacial score (nSPS) is 12.8. The van der Waals surface area contributed by atoms with Crippen LogP contribution in [0.3, 0.4) is 0 Å². The SMILES string of the molecule is COC(=O)C(COc1ccc(O)cc1)CC(C)(C)C. The second kappa shape index (κ2) is 6.45. The van der Waals surface area contributed by atoms with Gasteiger partial charge < -0.3 is 14.6 Å². The van der Waals surface area contributed by atoms with Gasteiger partial charge in [-0.15, -0.1) is 0 Å². The highest BCUT2D eigenvalue weighted by Crippen LogP contribution is 2.26. The largest absolute Gasteiger partial charge is 0.508 e. The van der Waals surface area contributed by atoms with Crippen LogP contribution in [0.5, 0.6) is 11.5 Å². The lowest BCUT2D eigenvalue weighted by Gasteiger charge is -2.24. The Morgan fingerprint density at radius 1 is 1.26 bits per heavy atom. The molecule has 0 aliphatic rings. The standard InChI is InChI=1S/C15H22O4/c1-15(2,3)9-11(14(17)18-4)10-19-13-7-5-12(16)6-8-13/h5-8,11,16H,9-10H2,1-4H3. The topological polar surface area (TPSA) is 55.8 Å². The van der Waals surface area contributed by atoms with Gasteiger partial charge in [0.25, 0.3) is 0 Å². The molecule has 0 saturated heterocycles. The van der Waals surface area contributed by atoms with E-state index in [1.807, 2.05) is 0 Å². The molecule has 0 radical (unpaired) electrons. The van der Waals surface area contributed by atoms with Crippen molar-refractivity contribution in [2.45, 2.75) is 27.2 Å². The first-order valence-corrected chi connectivity index (χ1v) is 6.31. The summed E-state index contributed by atoms with van der Waals surface area (Å²) >= 11 is 0. The average molecular weight is 266 g/mol. The van der Waals surface area contributed by atoms with Crippen LogP contribution in [0, 0.1) is 11.3 Å². The van der Waals surface area contributed by atoms with Crippen molar-refractivity contribution in [3.05, 3.63) is 24.3 Å². The third kappa shape index (κ3) is 5.64. The fourth-order valence-electron chi connectivity index (χ4n) is 1.86. The summed E-state index contributed by atoms with van der Waals surface area (Å²) in [5.74, 6) is 0.264. The van der Waals surface area contributed by atoms with E-state index in [0.717, 1.165) is 0 Å². The van der Waals surface area contributed by atoms with E-state index in [4.69, 9.17) is 9.47 Å². The second-order valence-electron chi connectivity index (χ2n) is 5.79. The Labute approximate surface area is 114 Å². The summed E-state index contributed by atoms with van der Waals surface area (Å²) in [5.41, 5.74) is 0.0250. The Balaban J connectivity index is 2.62. The number of rotatable bonds is 5. The highest BCUT2D eigenvalue weighted by atomic mass is 16.5. The molecule has 1 aromatic rings. The summed E-state index contributed by atoms with van der Waals surface area (Å²) in [6, 6.07) is 6.43. The summed E-state index contributed by atoms with van der Waals surface area (Å²) in [5, 5.41) is 9.18. The maximum absolute atomic E-state index is 11.7. The Morgan fingerprint density at radius 3 is 2.32 bits per heavy atom. The zero-order valence-corrected chi connectivity index (χ0v) is 12.0. The zero-order valence-electron chi connectivity index (χ0n) is 12.0. The summed E-state index contributed by atoms with van der Waals surface area (Å²) < 4.78 is 10.4. The molecule has 4 heteroatoms. The van der Waals surface area contributed by atoms with E-state index < -0.39 is 0 Å². The van der Waals surface area contributed by atoms with Crippen LogP contribution in [-0.2, 0) is 9.53 Å². The van der Waals surface area contributed by atoms with Crippen molar-refractivity contribution in [2.75, 3.05) is 13.7 Å². The summed E-state index contributed by atoms with van der Waals surface area (Å²) in [6.45, 7) is 6.49. The number of phenols is 1. The molecule has 4 nitrogen and oxygen atoms in total. The van der Waals surface area contributed by atoms with Gasteiger partial charge in [0, 0.05) is 0 Å². The van der Waals surface area contributed by atoms with Crippen molar-refractivity contribution >= 4 is 5.97 Å². The molecule has 1 N–H and O–H groups in total. The number of ether oxygens (including phenoxy) is 2. The van der Waals surface area contributed by atoms with Crippen molar-refractivity contribution in [1.29, 1.82) is 0 Å². The maximum atomic E-state index is 11.7. The molecule has 0 spiro atoms. The maximum Gasteiger partial charge on any atom is 0.312 e. The van der Waals surface area contributed by atoms with Gasteiger partial charge in [-0.3, -0.25) is 4.79 Å². The van der Waals surface area contributed by atoms with Gasteiger partial charge in [0.15, 0.2) is 0 Å². The van der Waals surface area contributed by atoms with Gasteiger partial charge in [-0.2, -0.15) is 0 Å². The van der Waals surface area contributed by atoms with Crippen LogP contribution in [0.15, 0.2) is 24.3 Å². The van der Waals surface area contributed by atoms with Crippen LogP contribution < -0.4 is 4.74 Å². The third-order valence-corrected chi connectivity index (χ3v) is 2.68. The number of hydrogen-bond donors (Lipinski definition) is 1. The van der Waals surface area contributed by atoms with E-state index in [0.29, 0.717) is 12.2 Å². The molecule has 19 heavy (non-hydrogen) atoms. The molecule has 0 aliphatic carbocycles. The number of methoxy groups -OCH3 is 1. The van der Waals surface area contributed by atoms with Crippen LogP contribution in [0.1, 0.15) is 27.2 Å². The fourth-order valence-corrected chi connectivity index (χ4v) is 1.86. The first kappa shape index (κ1) is 15.3. The van der Waals surface area contributed by atoms with Crippen LogP contribution >= 0.6 is 0 Å². The molecular weight excluding hydrogens is 244 g/mol. The molecule has 106 valence electrons. The van der Waals surface area contributed by atoms with Gasteiger partial charge in [-0.1, -0.05) is 20.8 Å². The molecule has 0 amide bonds. The minimum atomic E-state index is -0.293. The Morgan fingerprint density at radius 2 is 1.84 bits per heavy atom. The number of aromatic hydroxyl groups is 1. The molecule has 1 unspecified atom stereocenters. The number of phenolic OH excluding ortho intramolecular Hbond substituents is 1. The minimum Gasteiger partial charge on any atom is -0.508 e. The second-order valence-corrected chi connectivity index (χ2v) is 5.79. The lowest BCUT2D eigenvalue weighted by molar-refractivity contribution is -0.147. The van der Waals surface area contributed by atoms with E-state index in [1.165, 1.54) is 7.11 Å². The fraction of sp³-hybridized carbons (Fsp3) is 0.533. The number of carbonyl (C=O) groups is 1. The van der Waals surface area contributed by atoms with Crippen molar-refractivity contribution in [1.82, 2.24) is 0 Å². The molecule has 0 heterocycles. The van der Waals surface area contributed by atoms with E-state index in [2.05, 4.69) is 20.8 Å². The van der Waals surface area contributed by atoms with Gasteiger partial charge in [-0.05, 0) is 36.1 Å². The Bertz CT molecular complexity index is 403. The molecule has 0 aliphatic heterocycles. The van der Waals surface area contributed by atoms with Crippen LogP contribution in [0.4, 0.5) is 0 Å². The summed E-state index contributed by atoms with van der Waals surface area (Å²) in [7, 11) is 1.39. The van der Waals surface area contributed by atoms with E-state index in [9.17, 15) is 9.90 Å². The number of benzene rings is 1. The third-order valence-electron chi connectivity index (χ3n) is 2.68. The number of esters is 1. The molecule has 0 aromatic heterocycles. The van der Waals surface area contributed by atoms with E-state index in [1.54, 1.807) is 24.3 Å². The first-order valence-electron chi connectivity index (χ1n) is 6.31. The lowest BCUT2D eigenvalue weighted by atomic mass is 9.85. The van der Waals surface area contributed by atoms with Gasteiger partial charge in [0.1, 0.15) is 18.1 Å². The average Bonchev–Trinajstić information content (AvgIpc) is 2.34. The van der Waals surface area contributed by atoms with Gasteiger partial charge >= 0.3 is 5.97 Å². The molecule has 1 aromatic carbocycles. The van der Waals surface area contributed by atoms with Crippen molar-refractivity contribution in [2.24, 2.45) is 11.3 Å². The predicted octanol–water partition coefficient (Wildman–Crippen LogP) is 3.00. The minimum absolute atomic E-state index is 0.0250. The van der Waals surface area contributed by atoms with Gasteiger partial charge in [-0.25, -0.2) is 0 Å². The highest BCUT2D eigenvalue weighted by molar-refractivity contribution is 5.72. The zero-order chi connectivity index (χ0) is 14.5. The Hall–Kier alpha value is -1.71. The first-order chi connectivity index (χ1) is 8.81. The molecule has 1 atom stereocenters. The number of hydrogen-bond acceptors (Lipinski definition) is 4. The van der Waals surface area contributed by atoms with Crippen LogP contribution in [-0.4, -0.2) is 24.8 Å². The molecule has 0 bridgehead atoms. The molecule has 1 rings (SSSR count). The van der Waals surface area contributed by atoms with E-state index in [-0.39, 0.29) is 29.7 Å². The highest BCUT2D eigenvalue weighted by Gasteiger charge is 2.26. The van der Waals surface area contributed by atoms with Gasteiger partial charge in [0.05, 0.1) is 13.0 Å². The van der Waals surface area contributed by atoms with Crippen LogP contribution in [0.2, 0.25) is 0 Å². The van der Waals surface area contributed by atoms with Crippen molar-refractivity contribution < 1.29 is 19.4 Å². The predicted molar refractivity (Wildman–Crippen MR) is 73.2 cm³/mol.